The molecule has 4 amide bonds. The summed E-state index contributed by atoms with van der Waals surface area (Å²) in [7, 11) is 3.97. The van der Waals surface area contributed by atoms with Gasteiger partial charge < -0.3 is 54.6 Å². The van der Waals surface area contributed by atoms with E-state index in [2.05, 4.69) is 31.2 Å². The van der Waals surface area contributed by atoms with E-state index in [1.165, 1.54) is 42.9 Å². The highest BCUT2D eigenvalue weighted by Crippen LogP contribution is 2.43. The van der Waals surface area contributed by atoms with E-state index in [1.54, 1.807) is 44.4 Å². The molecule has 2 aromatic heterocycles. The van der Waals surface area contributed by atoms with Crippen LogP contribution in [0.1, 0.15) is 56.8 Å². The molecule has 2 aliphatic rings. The number of methoxy groups -OCH3 is 2. The van der Waals surface area contributed by atoms with Crippen molar-refractivity contribution in [2.24, 2.45) is 7.05 Å². The second kappa shape index (κ2) is 25.2. The lowest BCUT2D eigenvalue weighted by Gasteiger charge is -2.26. The molecule has 4 unspecified atom stereocenters. The van der Waals surface area contributed by atoms with Crippen LogP contribution in [0.5, 0.6) is 5.75 Å². The largest absolute Gasteiger partial charge is 0.505 e. The van der Waals surface area contributed by atoms with Crippen LogP contribution in [-0.2, 0) is 62.9 Å². The zero-order chi connectivity index (χ0) is 58.1. The molecule has 4 atom stereocenters. The number of Topliss-reactive ketones (excluding diaryl/α,β-unsaturated/α-hetero) is 1. The number of hydrogen-bond acceptors (Lipinski definition) is 15. The standard InChI is InChI=1S/C58H53F2N7O14/c1-30-18-32(14-15-35(30)53-37-21-39(59)46(68)24-49(37)81-50-25-47(69)40(60)22-38(50)53)54(73)65-43(19-33-27-67(2)45-13-9-8-12-36(33)45)56(75)63-41(16-17-51(71)78-3)55(74)66-44(20-34-26-61-29-62-34)57(76)64-42(23-52(72)79-4)48(70)28-80-58(77)31-10-6-5-7-11-31/h5-15,18,21-22,24-27,29,41-44,68H,16-17,19-20,23,28H2,1-4H3,(H,61,62)(H,63,75)(H,64,76)(H,65,73)(H,66,74). The Morgan fingerprint density at radius 2 is 1.41 bits per heavy atom. The molecule has 0 fully saturated rings. The molecule has 3 heterocycles. The van der Waals surface area contributed by atoms with Crippen molar-refractivity contribution in [3.63, 3.8) is 0 Å². The Morgan fingerprint density at radius 1 is 0.728 bits per heavy atom. The van der Waals surface area contributed by atoms with Crippen molar-refractivity contribution >= 4 is 69.2 Å². The normalized spacial score (nSPS) is 12.7. The van der Waals surface area contributed by atoms with Crippen LogP contribution >= 0.6 is 0 Å². The van der Waals surface area contributed by atoms with Crippen molar-refractivity contribution in [3.8, 4) is 28.2 Å². The van der Waals surface area contributed by atoms with Crippen LogP contribution in [0.25, 0.3) is 44.3 Å². The Bertz CT molecular complexity index is 3750. The molecule has 0 radical (unpaired) electrons. The lowest BCUT2D eigenvalue weighted by molar-refractivity contribution is -0.144. The van der Waals surface area contributed by atoms with Gasteiger partial charge in [0.1, 0.15) is 35.5 Å². The number of para-hydroxylation sites is 1. The van der Waals surface area contributed by atoms with Gasteiger partial charge in [0.25, 0.3) is 5.91 Å². The Kier molecular flexibility index (Phi) is 17.7. The van der Waals surface area contributed by atoms with E-state index in [9.17, 15) is 57.0 Å². The summed E-state index contributed by atoms with van der Waals surface area (Å²) in [5, 5.41) is 21.5. The number of aryl methyl sites for hydroxylation is 2. The molecule has 21 nitrogen and oxygen atoms in total. The molecule has 8 rings (SSSR count). The average molecular weight is 1110 g/mol. The summed E-state index contributed by atoms with van der Waals surface area (Å²) in [5.41, 5.74) is 1.94. The summed E-state index contributed by atoms with van der Waals surface area (Å²) in [6.45, 7) is 0.757. The van der Waals surface area contributed by atoms with Gasteiger partial charge in [0.05, 0.1) is 32.5 Å². The number of ketones is 1. The first-order valence-electron chi connectivity index (χ1n) is 25.1. The van der Waals surface area contributed by atoms with Crippen molar-refractivity contribution in [1.29, 1.82) is 0 Å². The van der Waals surface area contributed by atoms with Gasteiger partial charge in [0.15, 0.2) is 29.8 Å². The molecule has 6 aromatic rings. The minimum Gasteiger partial charge on any atom is -0.505 e. The van der Waals surface area contributed by atoms with Crippen LogP contribution < -0.4 is 26.7 Å². The number of hydrogen-bond donors (Lipinski definition) is 6. The van der Waals surface area contributed by atoms with E-state index >= 15 is 0 Å². The number of phenolic OH excluding ortho intramolecular Hbond substituents is 1. The maximum Gasteiger partial charge on any atom is 0.338 e. The van der Waals surface area contributed by atoms with E-state index in [1.807, 2.05) is 22.8 Å². The molecular weight excluding hydrogens is 1060 g/mol. The van der Waals surface area contributed by atoms with Crippen LogP contribution in [-0.4, -0.2) is 112 Å². The van der Waals surface area contributed by atoms with Gasteiger partial charge in [-0.3, -0.25) is 38.4 Å². The topological polar surface area (TPSA) is 296 Å². The number of carbonyl (C=O) groups is 8. The molecule has 4 aromatic carbocycles. The fourth-order valence-electron chi connectivity index (χ4n) is 9.20. The first-order valence-corrected chi connectivity index (χ1v) is 25.1. The van der Waals surface area contributed by atoms with Crippen molar-refractivity contribution < 1.29 is 70.9 Å². The van der Waals surface area contributed by atoms with Gasteiger partial charge in [-0.1, -0.05) is 42.5 Å². The number of H-pyrrole nitrogens is 1. The maximum absolute atomic E-state index is 15.0. The number of aromatic amines is 1. The molecule has 0 saturated heterocycles. The van der Waals surface area contributed by atoms with E-state index < -0.39 is 120 Å². The van der Waals surface area contributed by atoms with Gasteiger partial charge in [-0.05, 0) is 72.5 Å². The third-order valence-corrected chi connectivity index (χ3v) is 13.4. The van der Waals surface area contributed by atoms with Crippen LogP contribution in [0.15, 0.2) is 125 Å². The molecule has 0 saturated carbocycles. The maximum atomic E-state index is 15.0. The van der Waals surface area contributed by atoms with Crippen molar-refractivity contribution in [1.82, 2.24) is 35.8 Å². The Balaban J connectivity index is 1.08. The lowest BCUT2D eigenvalue weighted by atomic mass is 9.90. The number of esters is 3. The second-order valence-electron chi connectivity index (χ2n) is 18.9. The first kappa shape index (κ1) is 57.1. The highest BCUT2D eigenvalue weighted by atomic mass is 19.1. The highest BCUT2D eigenvalue weighted by Gasteiger charge is 2.34. The minimum atomic E-state index is -1.63. The van der Waals surface area contributed by atoms with Crippen LogP contribution in [0, 0.1) is 18.6 Å². The molecule has 0 spiro atoms. The summed E-state index contributed by atoms with van der Waals surface area (Å²) in [6, 6.07) is 17.0. The molecule has 1 aliphatic heterocycles. The summed E-state index contributed by atoms with van der Waals surface area (Å²) < 4.78 is 52.3. The number of aromatic hydroxyl groups is 1. The number of nitrogens with one attached hydrogen (secondary N) is 5. The number of aromatic nitrogens is 3. The Labute approximate surface area is 459 Å². The molecule has 418 valence electrons. The second-order valence-corrected chi connectivity index (χ2v) is 18.9. The van der Waals surface area contributed by atoms with Crippen LogP contribution in [0.3, 0.4) is 0 Å². The van der Waals surface area contributed by atoms with Crippen molar-refractivity contribution in [2.45, 2.75) is 63.2 Å². The smallest absolute Gasteiger partial charge is 0.338 e. The summed E-state index contributed by atoms with van der Waals surface area (Å²) >= 11 is 0. The number of halogens is 2. The number of amides is 4. The predicted octanol–water partition coefficient (Wildman–Crippen LogP) is 5.05. The van der Waals surface area contributed by atoms with Gasteiger partial charge in [-0.25, -0.2) is 18.6 Å². The number of rotatable bonds is 22. The quantitative estimate of drug-likeness (QED) is 0.0294. The fourth-order valence-corrected chi connectivity index (χ4v) is 9.20. The molecule has 23 heteroatoms. The van der Waals surface area contributed by atoms with Gasteiger partial charge in [-0.2, -0.15) is 0 Å². The number of phenols is 1. The number of fused-ring (bicyclic) bond motifs is 3. The average Bonchev–Trinajstić information content (AvgIpc) is 4.24. The summed E-state index contributed by atoms with van der Waals surface area (Å²) in [5.74, 6) is -10.0. The van der Waals surface area contributed by atoms with Crippen LogP contribution in [0.4, 0.5) is 8.78 Å². The highest BCUT2D eigenvalue weighted by molar-refractivity contribution is 6.05. The van der Waals surface area contributed by atoms with E-state index in [0.29, 0.717) is 22.4 Å². The number of imidazole rings is 1. The van der Waals surface area contributed by atoms with Crippen LogP contribution in [0.2, 0.25) is 0 Å². The Hall–Kier alpha value is -10.1. The predicted molar refractivity (Wildman–Crippen MR) is 286 cm³/mol. The zero-order valence-electron chi connectivity index (χ0n) is 43.9. The number of benzene rings is 5. The number of carbonyl (C=O) groups excluding carboxylic acids is 8. The molecule has 1 aliphatic carbocycles. The van der Waals surface area contributed by atoms with E-state index in [-0.39, 0.29) is 51.8 Å². The minimum absolute atomic E-state index is 0.0176. The number of ether oxygens (including phenoxy) is 3. The first-order chi connectivity index (χ1) is 38.8. The van der Waals surface area contributed by atoms with Gasteiger partial charge in [0, 0.05) is 89.5 Å². The zero-order valence-corrected chi connectivity index (χ0v) is 43.9. The van der Waals surface area contributed by atoms with Crippen molar-refractivity contribution in [2.75, 3.05) is 20.8 Å². The van der Waals surface area contributed by atoms with Crippen molar-refractivity contribution in [3.05, 3.63) is 166 Å². The summed E-state index contributed by atoms with van der Waals surface area (Å²) in [4.78, 5) is 129. The van der Waals surface area contributed by atoms with Gasteiger partial charge in [0.2, 0.25) is 23.2 Å². The number of nitrogens with zero attached hydrogens (tertiary/aromatic N) is 2. The van der Waals surface area contributed by atoms with E-state index in [4.69, 9.17) is 18.6 Å². The monoisotopic (exact) mass is 1110 g/mol. The molecular formula is C58H53F2N7O14. The molecule has 6 N–H and O–H groups in total. The molecule has 81 heavy (non-hydrogen) atoms. The third kappa shape index (κ3) is 13.4. The Morgan fingerprint density at radius 3 is 2.11 bits per heavy atom. The van der Waals surface area contributed by atoms with E-state index in [0.717, 1.165) is 49.4 Å². The third-order valence-electron chi connectivity index (χ3n) is 13.4. The fraction of sp³-hybridized carbons (Fsp3) is 0.241. The van der Waals surface area contributed by atoms with Gasteiger partial charge in [-0.15, -0.1) is 0 Å². The van der Waals surface area contributed by atoms with Gasteiger partial charge >= 0.3 is 17.9 Å². The molecule has 0 bridgehead atoms. The lowest BCUT2D eigenvalue weighted by Crippen LogP contribution is -2.58. The SMILES string of the molecule is COC(=O)CCC(NC(=O)C(Cc1cn(C)c2ccccc12)NC(=O)c1ccc(-c2c3cc(F)c(=O)cc-3oc3cc(O)c(F)cc23)c(C)c1)C(=O)NC(Cc1cnc[nH]1)C(=O)NC(CC(=O)OC)C(=O)COC(=O)c1ccccc1. The summed E-state index contributed by atoms with van der Waals surface area (Å²) in [6.07, 6.45) is 2.48.